The quantitative estimate of drug-likeness (QED) is 0.640. The van der Waals surface area contributed by atoms with Crippen molar-refractivity contribution in [2.45, 2.75) is 75.6 Å². The van der Waals surface area contributed by atoms with Crippen LogP contribution in [0.15, 0.2) is 28.8 Å². The lowest BCUT2D eigenvalue weighted by molar-refractivity contribution is -0.274. The number of rotatable bonds is 6. The fourth-order valence-electron chi connectivity index (χ4n) is 4.99. The molecule has 1 saturated carbocycles. The summed E-state index contributed by atoms with van der Waals surface area (Å²) in [5, 5.41) is 13.5. The van der Waals surface area contributed by atoms with E-state index < -0.39 is 12.5 Å². The van der Waals surface area contributed by atoms with Gasteiger partial charge in [-0.05, 0) is 50.7 Å². The lowest BCUT2D eigenvalue weighted by Crippen LogP contribution is -2.47. The van der Waals surface area contributed by atoms with E-state index >= 15 is 0 Å². The monoisotopic (exact) mass is 452 g/mol. The fraction of sp³-hybridized carbons (Fsp3) is 0.545. The predicted molar refractivity (Wildman–Crippen MR) is 105 cm³/mol. The largest absolute Gasteiger partial charge is 0.573 e. The van der Waals surface area contributed by atoms with E-state index in [4.69, 9.17) is 9.26 Å². The Morgan fingerprint density at radius 1 is 1.16 bits per heavy atom. The summed E-state index contributed by atoms with van der Waals surface area (Å²) >= 11 is 0. The smallest absolute Gasteiger partial charge is 0.465 e. The van der Waals surface area contributed by atoms with E-state index in [1.165, 1.54) is 23.1 Å². The Labute approximate surface area is 182 Å². The Morgan fingerprint density at radius 3 is 2.47 bits per heavy atom. The third-order valence-electron chi connectivity index (χ3n) is 6.51. The number of piperidine rings is 1. The first-order valence-electron chi connectivity index (χ1n) is 10.8. The fourth-order valence-corrected chi connectivity index (χ4v) is 4.99. The lowest BCUT2D eigenvalue weighted by atomic mass is 9.99. The van der Waals surface area contributed by atoms with Crippen molar-refractivity contribution in [3.05, 3.63) is 35.6 Å². The molecule has 2 bridgehead atoms. The van der Waals surface area contributed by atoms with E-state index in [9.17, 15) is 23.1 Å². The summed E-state index contributed by atoms with van der Waals surface area (Å²) in [6.45, 7) is 0.141. The molecule has 0 unspecified atom stereocenters. The van der Waals surface area contributed by atoms with Crippen LogP contribution in [-0.4, -0.2) is 45.8 Å². The molecule has 7 nitrogen and oxygen atoms in total. The number of nitrogens with zero attached hydrogens (tertiary/aromatic N) is 2. The number of para-hydroxylation sites is 1. The van der Waals surface area contributed by atoms with Gasteiger partial charge in [-0.2, -0.15) is 0 Å². The standard InChI is InChI=1S/C22H23F3N2O5/c23-22(24,25)31-18-4-2-1-3-16(18)19-17(20(32-26-19)12-5-6-12)11-30-15-9-13-7-8-14(10-15)27(13)21(28)29/h1-4,12-15H,5-11H2,(H,28,29)/t13-,14+,15-. The van der Waals surface area contributed by atoms with Gasteiger partial charge in [0.25, 0.3) is 0 Å². The average Bonchev–Trinajstić information content (AvgIpc) is 3.42. The molecule has 3 fully saturated rings. The van der Waals surface area contributed by atoms with Crippen LogP contribution in [0.25, 0.3) is 11.3 Å². The number of amides is 1. The minimum atomic E-state index is -4.83. The molecule has 3 atom stereocenters. The molecule has 1 N–H and O–H groups in total. The van der Waals surface area contributed by atoms with E-state index in [1.807, 2.05) is 0 Å². The molecule has 0 radical (unpaired) electrons. The number of hydrogen-bond donors (Lipinski definition) is 1. The molecule has 172 valence electrons. The van der Waals surface area contributed by atoms with Crippen LogP contribution in [0.2, 0.25) is 0 Å². The maximum atomic E-state index is 12.9. The second-order valence-electron chi connectivity index (χ2n) is 8.67. The summed E-state index contributed by atoms with van der Waals surface area (Å²) < 4.78 is 54.6. The summed E-state index contributed by atoms with van der Waals surface area (Å²) in [7, 11) is 0. The molecular formula is C22H23F3N2O5. The number of alkyl halides is 3. The number of aromatic nitrogens is 1. The molecule has 2 aromatic rings. The maximum Gasteiger partial charge on any atom is 0.573 e. The van der Waals surface area contributed by atoms with Gasteiger partial charge < -0.3 is 24.0 Å². The predicted octanol–water partition coefficient (Wildman–Crippen LogP) is 5.31. The summed E-state index contributed by atoms with van der Waals surface area (Å²) in [6.07, 6.45) is -1.11. The summed E-state index contributed by atoms with van der Waals surface area (Å²) in [5.74, 6) is 0.494. The highest BCUT2D eigenvalue weighted by Gasteiger charge is 2.44. The van der Waals surface area contributed by atoms with E-state index in [2.05, 4.69) is 9.89 Å². The van der Waals surface area contributed by atoms with E-state index in [-0.39, 0.29) is 47.7 Å². The first kappa shape index (κ1) is 21.1. The van der Waals surface area contributed by atoms with Gasteiger partial charge in [0, 0.05) is 29.1 Å². The van der Waals surface area contributed by atoms with Gasteiger partial charge in [-0.3, -0.25) is 0 Å². The zero-order valence-electron chi connectivity index (χ0n) is 17.2. The van der Waals surface area contributed by atoms with Crippen LogP contribution < -0.4 is 4.74 Å². The Kier molecular flexibility index (Phi) is 5.27. The molecule has 3 heterocycles. The van der Waals surface area contributed by atoms with Crippen molar-refractivity contribution in [3.8, 4) is 17.0 Å². The summed E-state index contributed by atoms with van der Waals surface area (Å²) in [4.78, 5) is 13.0. The molecule has 1 aliphatic carbocycles. The molecule has 10 heteroatoms. The Morgan fingerprint density at radius 2 is 1.84 bits per heavy atom. The van der Waals surface area contributed by atoms with Crippen LogP contribution in [0.3, 0.4) is 0 Å². The number of halogens is 3. The number of carbonyl (C=O) groups is 1. The highest BCUT2D eigenvalue weighted by Crippen LogP contribution is 2.46. The van der Waals surface area contributed by atoms with Gasteiger partial charge in [0.15, 0.2) is 0 Å². The Balaban J connectivity index is 1.38. The van der Waals surface area contributed by atoms with Gasteiger partial charge in [0.2, 0.25) is 0 Å². The molecule has 2 aliphatic heterocycles. The molecule has 1 aromatic carbocycles. The third-order valence-corrected chi connectivity index (χ3v) is 6.51. The van der Waals surface area contributed by atoms with Crippen molar-refractivity contribution in [2.75, 3.05) is 0 Å². The van der Waals surface area contributed by atoms with Crippen LogP contribution >= 0.6 is 0 Å². The maximum absolute atomic E-state index is 12.9. The third kappa shape index (κ3) is 4.15. The number of benzene rings is 1. The van der Waals surface area contributed by atoms with Crippen molar-refractivity contribution in [1.29, 1.82) is 0 Å². The lowest BCUT2D eigenvalue weighted by Gasteiger charge is -2.36. The van der Waals surface area contributed by atoms with Crippen molar-refractivity contribution in [2.24, 2.45) is 0 Å². The molecule has 32 heavy (non-hydrogen) atoms. The Hall–Kier alpha value is -2.75. The average molecular weight is 452 g/mol. The number of hydrogen-bond acceptors (Lipinski definition) is 5. The second-order valence-corrected chi connectivity index (χ2v) is 8.67. The first-order chi connectivity index (χ1) is 15.3. The van der Waals surface area contributed by atoms with Crippen LogP contribution in [0.1, 0.15) is 55.8 Å². The number of fused-ring (bicyclic) bond motifs is 2. The van der Waals surface area contributed by atoms with Gasteiger partial charge in [-0.25, -0.2) is 4.79 Å². The SMILES string of the molecule is O=C(O)N1[C@@H]2CC[C@H]1C[C@H](OCc1c(-c3ccccc3OC(F)(F)F)noc1C1CC1)C2. The van der Waals surface area contributed by atoms with Crippen LogP contribution in [0, 0.1) is 0 Å². The van der Waals surface area contributed by atoms with Gasteiger partial charge in [0.1, 0.15) is 17.2 Å². The molecular weight excluding hydrogens is 429 g/mol. The Bertz CT molecular complexity index is 990. The minimum Gasteiger partial charge on any atom is -0.465 e. The van der Waals surface area contributed by atoms with Crippen molar-refractivity contribution in [3.63, 3.8) is 0 Å². The van der Waals surface area contributed by atoms with Crippen LogP contribution in [-0.2, 0) is 11.3 Å². The molecule has 3 aliphatic rings. The zero-order valence-corrected chi connectivity index (χ0v) is 17.2. The number of ether oxygens (including phenoxy) is 2. The molecule has 0 spiro atoms. The normalized spacial score (nSPS) is 25.2. The van der Waals surface area contributed by atoms with E-state index in [0.29, 0.717) is 24.2 Å². The van der Waals surface area contributed by atoms with Crippen molar-refractivity contribution >= 4 is 6.09 Å². The van der Waals surface area contributed by atoms with E-state index in [1.54, 1.807) is 6.07 Å². The van der Waals surface area contributed by atoms with E-state index in [0.717, 1.165) is 25.7 Å². The van der Waals surface area contributed by atoms with Crippen LogP contribution in [0.5, 0.6) is 5.75 Å². The van der Waals surface area contributed by atoms with Crippen molar-refractivity contribution < 1.29 is 37.1 Å². The first-order valence-corrected chi connectivity index (χ1v) is 10.8. The summed E-state index contributed by atoms with van der Waals surface area (Å²) in [6, 6.07) is 5.75. The highest BCUT2D eigenvalue weighted by atomic mass is 19.4. The van der Waals surface area contributed by atoms with Crippen LogP contribution in [0.4, 0.5) is 18.0 Å². The molecule has 1 amide bonds. The molecule has 1 aromatic heterocycles. The highest BCUT2D eigenvalue weighted by molar-refractivity contribution is 5.70. The second kappa shape index (κ2) is 7.99. The van der Waals surface area contributed by atoms with Gasteiger partial charge in [0.05, 0.1) is 12.7 Å². The zero-order chi connectivity index (χ0) is 22.5. The number of carboxylic acid groups (broad SMARTS) is 1. The van der Waals surface area contributed by atoms with Gasteiger partial charge in [-0.1, -0.05) is 17.3 Å². The van der Waals surface area contributed by atoms with Gasteiger partial charge in [-0.15, -0.1) is 13.2 Å². The molecule has 5 rings (SSSR count). The van der Waals surface area contributed by atoms with Gasteiger partial charge >= 0.3 is 12.5 Å². The van der Waals surface area contributed by atoms with Crippen molar-refractivity contribution in [1.82, 2.24) is 10.1 Å². The topological polar surface area (TPSA) is 85.0 Å². The summed E-state index contributed by atoms with van der Waals surface area (Å²) in [5.41, 5.74) is 1.12. The molecule has 2 saturated heterocycles. The minimum absolute atomic E-state index is 0.0537.